The van der Waals surface area contributed by atoms with E-state index in [1.165, 1.54) is 65.9 Å². The molecule has 0 aliphatic carbocycles. The van der Waals surface area contributed by atoms with Gasteiger partial charge in [-0.25, -0.2) is 15.0 Å². The van der Waals surface area contributed by atoms with Gasteiger partial charge in [0.1, 0.15) is 0 Å². The van der Waals surface area contributed by atoms with Gasteiger partial charge in [0.15, 0.2) is 17.5 Å². The third-order valence-electron chi connectivity index (χ3n) is 14.1. The summed E-state index contributed by atoms with van der Waals surface area (Å²) in [5.74, 6) is 1.82. The lowest BCUT2D eigenvalue weighted by Crippen LogP contribution is -2.01. The summed E-state index contributed by atoms with van der Waals surface area (Å²) in [7, 11) is 0. The number of pyridine rings is 1. The minimum Gasteiger partial charge on any atom is -0.309 e. The Balaban J connectivity index is 1.04. The maximum Gasteiger partial charge on any atom is 0.164 e. The quantitative estimate of drug-likeness (QED) is 0.152. The first-order chi connectivity index (χ1) is 35.3. The number of benzene rings is 9. The van der Waals surface area contributed by atoms with Crippen molar-refractivity contribution in [3.63, 3.8) is 0 Å². The Morgan fingerprint density at radius 1 is 0.292 bits per heavy atom. The molecule has 0 aliphatic heterocycles. The van der Waals surface area contributed by atoms with Gasteiger partial charge in [-0.1, -0.05) is 131 Å². The maximum atomic E-state index is 5.27. The van der Waals surface area contributed by atoms with Gasteiger partial charge < -0.3 is 9.13 Å². The highest BCUT2D eigenvalue weighted by molar-refractivity contribution is 6.11. The van der Waals surface area contributed by atoms with Crippen LogP contribution >= 0.6 is 0 Å². The Morgan fingerprint density at radius 2 is 0.639 bits per heavy atom. The third-order valence-corrected chi connectivity index (χ3v) is 14.1. The second-order valence-electron chi connectivity index (χ2n) is 19.1. The van der Waals surface area contributed by atoms with E-state index in [-0.39, 0.29) is 0 Å². The number of hydrogen-bond donors (Lipinski definition) is 0. The van der Waals surface area contributed by atoms with Crippen LogP contribution in [0.4, 0.5) is 0 Å². The lowest BCUT2D eigenvalue weighted by molar-refractivity contribution is 1.07. The summed E-state index contributed by atoms with van der Waals surface area (Å²) in [5, 5.41) is 5.02. The zero-order chi connectivity index (χ0) is 48.5. The number of fused-ring (bicyclic) bond motifs is 6. The summed E-state index contributed by atoms with van der Waals surface area (Å²) in [4.78, 5) is 20.1. The predicted octanol–water partition coefficient (Wildman–Crippen LogP) is 16.7. The van der Waals surface area contributed by atoms with E-state index in [9.17, 15) is 0 Å². The Morgan fingerprint density at radius 3 is 1.00 bits per heavy atom. The van der Waals surface area contributed by atoms with E-state index in [2.05, 4.69) is 212 Å². The zero-order valence-corrected chi connectivity index (χ0v) is 40.5. The van der Waals surface area contributed by atoms with Gasteiger partial charge in [-0.15, -0.1) is 0 Å². The van der Waals surface area contributed by atoms with Crippen LogP contribution in [-0.4, -0.2) is 29.1 Å². The molecule has 0 amide bonds. The molecule has 0 N–H and O–H groups in total. The number of nitrogens with zero attached hydrogens (tertiary/aromatic N) is 6. The van der Waals surface area contributed by atoms with E-state index in [1.807, 2.05) is 48.8 Å². The lowest BCUT2D eigenvalue weighted by Gasteiger charge is -2.20. The van der Waals surface area contributed by atoms with Crippen LogP contribution < -0.4 is 0 Å². The van der Waals surface area contributed by atoms with Crippen molar-refractivity contribution in [1.29, 1.82) is 0 Å². The molecule has 72 heavy (non-hydrogen) atoms. The molecule has 0 fully saturated rings. The van der Waals surface area contributed by atoms with Gasteiger partial charge in [-0.2, -0.15) is 0 Å². The smallest absolute Gasteiger partial charge is 0.164 e. The van der Waals surface area contributed by atoms with Crippen LogP contribution in [0, 0.1) is 27.7 Å². The Kier molecular flexibility index (Phi) is 10.3. The third kappa shape index (κ3) is 7.44. The van der Waals surface area contributed by atoms with E-state index in [0.717, 1.165) is 61.4 Å². The Hall–Kier alpha value is -9.26. The predicted molar refractivity (Wildman–Crippen MR) is 298 cm³/mol. The minimum atomic E-state index is 0.589. The number of aryl methyl sites for hydroxylation is 4. The molecule has 0 unspecified atom stereocenters. The topological polar surface area (TPSA) is 61.4 Å². The van der Waals surface area contributed by atoms with Crippen molar-refractivity contribution < 1.29 is 0 Å². The van der Waals surface area contributed by atoms with Crippen molar-refractivity contribution in [1.82, 2.24) is 29.1 Å². The van der Waals surface area contributed by atoms with E-state index in [0.29, 0.717) is 17.5 Å². The summed E-state index contributed by atoms with van der Waals surface area (Å²) in [5.41, 5.74) is 21.0. The molecule has 4 aromatic heterocycles. The second kappa shape index (κ2) is 17.3. The maximum absolute atomic E-state index is 5.27. The highest BCUT2D eigenvalue weighted by Gasteiger charge is 2.22. The fourth-order valence-electron chi connectivity index (χ4n) is 10.6. The van der Waals surface area contributed by atoms with Crippen LogP contribution in [0.3, 0.4) is 0 Å². The number of aromatic nitrogens is 6. The molecule has 13 aromatic rings. The molecule has 6 heteroatoms. The molecule has 342 valence electrons. The molecular formula is C66H48N6. The van der Waals surface area contributed by atoms with Gasteiger partial charge in [0, 0.05) is 62.0 Å². The fraction of sp³-hybridized carbons (Fsp3) is 0.0606. The SMILES string of the molecule is Cc1ccc2c(c1)c1cc(C)ccc1n2-c1ccc(-c2cc(-c3nc(-c4ccccc4)nc(-c4ccccc4)n3)cc(-c3ccc(-n4c5ccc(C)cc5c5cc(C)ccc54)cc3)c2-c2ccncc2)cc1. The molecular weight excluding hydrogens is 877 g/mol. The van der Waals surface area contributed by atoms with Crippen molar-refractivity contribution in [3.05, 3.63) is 241 Å². The van der Waals surface area contributed by atoms with Crippen LogP contribution in [-0.2, 0) is 0 Å². The standard InChI is InChI=1S/C66H48N6/c1-41-15-27-59-55(35-41)56-36-42(2)16-28-60(56)71(59)51-23-19-45(20-24-51)53-39-50(66-69-64(48-11-7-5-8-12-48)68-65(70-66)49-13-9-6-10-14-49)40-54(63(53)47-31-33-67-34-32-47)46-21-25-52(26-22-46)72-61-29-17-43(3)37-57(61)58-38-44(4)18-30-62(58)72/h5-40H,1-4H3. The highest BCUT2D eigenvalue weighted by atomic mass is 15.0. The van der Waals surface area contributed by atoms with Crippen LogP contribution in [0.5, 0.6) is 0 Å². The lowest BCUT2D eigenvalue weighted by atomic mass is 9.86. The minimum absolute atomic E-state index is 0.589. The molecule has 6 nitrogen and oxygen atoms in total. The molecule has 0 radical (unpaired) electrons. The molecule has 4 heterocycles. The average molecular weight is 925 g/mol. The van der Waals surface area contributed by atoms with E-state index < -0.39 is 0 Å². The zero-order valence-electron chi connectivity index (χ0n) is 40.5. The molecule has 0 atom stereocenters. The van der Waals surface area contributed by atoms with Gasteiger partial charge in [0.2, 0.25) is 0 Å². The first-order valence-corrected chi connectivity index (χ1v) is 24.5. The summed E-state index contributed by atoms with van der Waals surface area (Å²) in [6.45, 7) is 8.66. The summed E-state index contributed by atoms with van der Waals surface area (Å²) >= 11 is 0. The Labute approximate surface area is 418 Å². The van der Waals surface area contributed by atoms with Crippen LogP contribution in [0.1, 0.15) is 22.3 Å². The van der Waals surface area contributed by atoms with E-state index >= 15 is 0 Å². The van der Waals surface area contributed by atoms with Crippen molar-refractivity contribution in [2.24, 2.45) is 0 Å². The summed E-state index contributed by atoms with van der Waals surface area (Å²) < 4.78 is 4.78. The normalized spacial score (nSPS) is 11.6. The molecule has 0 aliphatic rings. The van der Waals surface area contributed by atoms with Gasteiger partial charge in [-0.05, 0) is 158 Å². The second-order valence-corrected chi connectivity index (χ2v) is 19.1. The van der Waals surface area contributed by atoms with Gasteiger partial charge in [-0.3, -0.25) is 4.98 Å². The molecule has 0 bridgehead atoms. The largest absolute Gasteiger partial charge is 0.309 e. The number of hydrogen-bond acceptors (Lipinski definition) is 4. The summed E-state index contributed by atoms with van der Waals surface area (Å²) in [6, 6.07) is 74.2. The van der Waals surface area contributed by atoms with Gasteiger partial charge in [0.25, 0.3) is 0 Å². The first kappa shape index (κ1) is 42.8. The molecule has 0 saturated heterocycles. The molecule has 0 spiro atoms. The van der Waals surface area contributed by atoms with Crippen LogP contribution in [0.25, 0.3) is 123 Å². The number of rotatable bonds is 8. The van der Waals surface area contributed by atoms with Gasteiger partial charge >= 0.3 is 0 Å². The van der Waals surface area contributed by atoms with E-state index in [4.69, 9.17) is 15.0 Å². The highest BCUT2D eigenvalue weighted by Crippen LogP contribution is 2.45. The Bertz CT molecular complexity index is 3840. The first-order valence-electron chi connectivity index (χ1n) is 24.5. The monoisotopic (exact) mass is 924 g/mol. The van der Waals surface area contributed by atoms with Crippen molar-refractivity contribution in [3.8, 4) is 78.9 Å². The van der Waals surface area contributed by atoms with Crippen molar-refractivity contribution in [2.45, 2.75) is 27.7 Å². The van der Waals surface area contributed by atoms with E-state index in [1.54, 1.807) is 0 Å². The van der Waals surface area contributed by atoms with Crippen molar-refractivity contribution in [2.75, 3.05) is 0 Å². The van der Waals surface area contributed by atoms with Crippen LogP contribution in [0.2, 0.25) is 0 Å². The molecule has 9 aromatic carbocycles. The average Bonchev–Trinajstić information content (AvgIpc) is 3.91. The fourth-order valence-corrected chi connectivity index (χ4v) is 10.6. The molecule has 13 rings (SSSR count). The van der Waals surface area contributed by atoms with Crippen LogP contribution in [0.15, 0.2) is 219 Å². The summed E-state index contributed by atoms with van der Waals surface area (Å²) in [6.07, 6.45) is 3.76. The van der Waals surface area contributed by atoms with Crippen molar-refractivity contribution >= 4 is 43.6 Å². The molecule has 0 saturated carbocycles. The van der Waals surface area contributed by atoms with Gasteiger partial charge in [0.05, 0.1) is 22.1 Å².